The van der Waals surface area contributed by atoms with Gasteiger partial charge in [0.1, 0.15) is 0 Å². The first-order chi connectivity index (χ1) is 11.1. The van der Waals surface area contributed by atoms with Crippen molar-refractivity contribution in [3.05, 3.63) is 65.2 Å². The van der Waals surface area contributed by atoms with Crippen LogP contribution in [0.1, 0.15) is 23.1 Å². The summed E-state index contributed by atoms with van der Waals surface area (Å²) in [6, 6.07) is 16.6. The Balaban J connectivity index is 1.57. The summed E-state index contributed by atoms with van der Waals surface area (Å²) in [6.07, 6.45) is 0.934. The zero-order valence-corrected chi connectivity index (χ0v) is 13.9. The minimum absolute atomic E-state index is 0.0828. The zero-order chi connectivity index (χ0) is 16.2. The Labute approximate surface area is 138 Å². The van der Waals surface area contributed by atoms with E-state index in [1.807, 2.05) is 25.1 Å². The Morgan fingerprint density at radius 3 is 2.70 bits per heavy atom. The zero-order valence-electron chi connectivity index (χ0n) is 13.9. The predicted octanol–water partition coefficient (Wildman–Crippen LogP) is 3.76. The van der Waals surface area contributed by atoms with Gasteiger partial charge in [-0.1, -0.05) is 48.0 Å². The fraction of sp³-hybridized carbons (Fsp3) is 0.350. The number of likely N-dealkylation sites (tertiary alicyclic amines) is 1. The Hall–Kier alpha value is -2.13. The first-order valence-corrected chi connectivity index (χ1v) is 8.26. The van der Waals surface area contributed by atoms with Crippen LogP contribution in [0.25, 0.3) is 0 Å². The predicted molar refractivity (Wildman–Crippen MR) is 94.4 cm³/mol. The van der Waals surface area contributed by atoms with Gasteiger partial charge in [0.15, 0.2) is 0 Å². The van der Waals surface area contributed by atoms with Gasteiger partial charge in [-0.05, 0) is 44.0 Å². The molecule has 0 bridgehead atoms. The third kappa shape index (κ3) is 3.99. The van der Waals surface area contributed by atoms with E-state index in [1.165, 1.54) is 11.1 Å². The number of hydrogen-bond donors (Lipinski definition) is 1. The van der Waals surface area contributed by atoms with E-state index in [9.17, 15) is 4.79 Å². The van der Waals surface area contributed by atoms with Crippen LogP contribution in [0.2, 0.25) is 0 Å². The van der Waals surface area contributed by atoms with E-state index in [2.05, 4.69) is 47.5 Å². The van der Waals surface area contributed by atoms with Crippen molar-refractivity contribution in [2.24, 2.45) is 5.92 Å². The van der Waals surface area contributed by atoms with Gasteiger partial charge < -0.3 is 5.32 Å². The number of nitrogens with zero attached hydrogens (tertiary/aromatic N) is 1. The summed E-state index contributed by atoms with van der Waals surface area (Å²) in [6.45, 7) is 6.86. The van der Waals surface area contributed by atoms with E-state index in [0.29, 0.717) is 0 Å². The second kappa shape index (κ2) is 6.97. The van der Waals surface area contributed by atoms with E-state index < -0.39 is 0 Å². The molecule has 2 aromatic carbocycles. The lowest BCUT2D eigenvalue weighted by molar-refractivity contribution is -0.119. The second-order valence-electron chi connectivity index (χ2n) is 6.51. The lowest BCUT2D eigenvalue weighted by Gasteiger charge is -2.16. The van der Waals surface area contributed by atoms with Crippen LogP contribution < -0.4 is 5.32 Å². The fourth-order valence-corrected chi connectivity index (χ4v) is 3.22. The number of hydrogen-bond acceptors (Lipinski definition) is 2. The summed E-state index contributed by atoms with van der Waals surface area (Å²) in [5.74, 6) is 0.229. The molecule has 0 spiro atoms. The SMILES string of the molecule is Cc1ccc(NC(=O)C2CCN(Cc3ccccc3)C2)c(C)c1. The number of aryl methyl sites for hydroxylation is 2. The number of carbonyl (C=O) groups is 1. The third-order valence-corrected chi connectivity index (χ3v) is 4.53. The average molecular weight is 308 g/mol. The molecule has 3 nitrogen and oxygen atoms in total. The maximum Gasteiger partial charge on any atom is 0.228 e. The minimum Gasteiger partial charge on any atom is -0.326 e. The van der Waals surface area contributed by atoms with Crippen molar-refractivity contribution in [3.8, 4) is 0 Å². The maximum atomic E-state index is 12.5. The highest BCUT2D eigenvalue weighted by Crippen LogP contribution is 2.22. The molecule has 1 fully saturated rings. The van der Waals surface area contributed by atoms with Gasteiger partial charge >= 0.3 is 0 Å². The molecule has 1 unspecified atom stereocenters. The number of rotatable bonds is 4. The molecule has 1 N–H and O–H groups in total. The lowest BCUT2D eigenvalue weighted by atomic mass is 10.1. The van der Waals surface area contributed by atoms with Crippen molar-refractivity contribution >= 4 is 11.6 Å². The van der Waals surface area contributed by atoms with Crippen LogP contribution in [0.15, 0.2) is 48.5 Å². The van der Waals surface area contributed by atoms with Crippen LogP contribution >= 0.6 is 0 Å². The molecule has 120 valence electrons. The highest BCUT2D eigenvalue weighted by molar-refractivity contribution is 5.93. The van der Waals surface area contributed by atoms with Crippen molar-refractivity contribution in [1.82, 2.24) is 4.90 Å². The number of amides is 1. The summed E-state index contributed by atoms with van der Waals surface area (Å²) in [4.78, 5) is 14.9. The molecular formula is C20H24N2O. The molecular weight excluding hydrogens is 284 g/mol. The summed E-state index contributed by atoms with van der Waals surface area (Å²) < 4.78 is 0. The topological polar surface area (TPSA) is 32.3 Å². The highest BCUT2D eigenvalue weighted by atomic mass is 16.1. The van der Waals surface area contributed by atoms with Gasteiger partial charge in [0, 0.05) is 18.8 Å². The molecule has 23 heavy (non-hydrogen) atoms. The van der Waals surface area contributed by atoms with Gasteiger partial charge in [-0.15, -0.1) is 0 Å². The third-order valence-electron chi connectivity index (χ3n) is 4.53. The van der Waals surface area contributed by atoms with Crippen molar-refractivity contribution < 1.29 is 4.79 Å². The summed E-state index contributed by atoms with van der Waals surface area (Å²) in [5, 5.41) is 3.10. The molecule has 0 radical (unpaired) electrons. The Morgan fingerprint density at radius 2 is 1.96 bits per heavy atom. The van der Waals surface area contributed by atoms with Gasteiger partial charge in [0.2, 0.25) is 5.91 Å². The molecule has 3 heteroatoms. The van der Waals surface area contributed by atoms with E-state index in [0.717, 1.165) is 37.3 Å². The standard InChI is InChI=1S/C20H24N2O/c1-15-8-9-19(16(2)12-15)21-20(23)18-10-11-22(14-18)13-17-6-4-3-5-7-17/h3-9,12,18H,10-11,13-14H2,1-2H3,(H,21,23). The molecule has 1 aliphatic rings. The smallest absolute Gasteiger partial charge is 0.228 e. The van der Waals surface area contributed by atoms with Crippen LogP contribution in [0.5, 0.6) is 0 Å². The lowest BCUT2D eigenvalue weighted by Crippen LogP contribution is -2.27. The van der Waals surface area contributed by atoms with Gasteiger partial charge in [0.25, 0.3) is 0 Å². The maximum absolute atomic E-state index is 12.5. The number of carbonyl (C=O) groups excluding carboxylic acids is 1. The molecule has 3 rings (SSSR count). The summed E-state index contributed by atoms with van der Waals surface area (Å²) in [5.41, 5.74) is 4.58. The van der Waals surface area contributed by atoms with Gasteiger partial charge in [0.05, 0.1) is 5.92 Å². The van der Waals surface area contributed by atoms with Gasteiger partial charge in [-0.3, -0.25) is 9.69 Å². The van der Waals surface area contributed by atoms with Gasteiger partial charge in [-0.25, -0.2) is 0 Å². The number of benzene rings is 2. The molecule has 0 saturated carbocycles. The van der Waals surface area contributed by atoms with Crippen LogP contribution in [0.3, 0.4) is 0 Å². The number of anilines is 1. The Kier molecular flexibility index (Phi) is 4.77. The van der Waals surface area contributed by atoms with Crippen LogP contribution in [0, 0.1) is 19.8 Å². The Morgan fingerprint density at radius 1 is 1.17 bits per heavy atom. The van der Waals surface area contributed by atoms with E-state index in [4.69, 9.17) is 0 Å². The molecule has 0 aliphatic carbocycles. The molecule has 1 aliphatic heterocycles. The summed E-state index contributed by atoms with van der Waals surface area (Å²) >= 11 is 0. The molecule has 2 aromatic rings. The average Bonchev–Trinajstić information content (AvgIpc) is 3.00. The van der Waals surface area contributed by atoms with E-state index in [-0.39, 0.29) is 11.8 Å². The number of nitrogens with one attached hydrogen (secondary N) is 1. The van der Waals surface area contributed by atoms with Crippen molar-refractivity contribution in [2.75, 3.05) is 18.4 Å². The van der Waals surface area contributed by atoms with Gasteiger partial charge in [-0.2, -0.15) is 0 Å². The Bertz CT molecular complexity index is 681. The monoisotopic (exact) mass is 308 g/mol. The van der Waals surface area contributed by atoms with Crippen LogP contribution in [-0.4, -0.2) is 23.9 Å². The summed E-state index contributed by atoms with van der Waals surface area (Å²) in [7, 11) is 0. The first-order valence-electron chi connectivity index (χ1n) is 8.26. The molecule has 1 heterocycles. The fourth-order valence-electron chi connectivity index (χ4n) is 3.22. The first kappa shape index (κ1) is 15.8. The normalized spacial score (nSPS) is 18.1. The highest BCUT2D eigenvalue weighted by Gasteiger charge is 2.28. The molecule has 0 aromatic heterocycles. The van der Waals surface area contributed by atoms with Crippen LogP contribution in [0.4, 0.5) is 5.69 Å². The largest absolute Gasteiger partial charge is 0.326 e. The molecule has 1 amide bonds. The molecule has 1 saturated heterocycles. The van der Waals surface area contributed by atoms with E-state index in [1.54, 1.807) is 0 Å². The quantitative estimate of drug-likeness (QED) is 0.932. The minimum atomic E-state index is 0.0828. The van der Waals surface area contributed by atoms with Crippen molar-refractivity contribution in [3.63, 3.8) is 0 Å². The van der Waals surface area contributed by atoms with Crippen molar-refractivity contribution in [2.45, 2.75) is 26.8 Å². The van der Waals surface area contributed by atoms with Crippen LogP contribution in [-0.2, 0) is 11.3 Å². The van der Waals surface area contributed by atoms with Crippen molar-refractivity contribution in [1.29, 1.82) is 0 Å². The van der Waals surface area contributed by atoms with E-state index >= 15 is 0 Å². The molecule has 1 atom stereocenters. The second-order valence-corrected chi connectivity index (χ2v) is 6.51.